The predicted octanol–water partition coefficient (Wildman–Crippen LogP) is -5.03. The number of aliphatic carboxylic acids is 2. The van der Waals surface area contributed by atoms with Gasteiger partial charge in [0.15, 0.2) is 5.96 Å². The molecule has 0 fully saturated rings. The van der Waals surface area contributed by atoms with Gasteiger partial charge in [-0.1, -0.05) is 27.7 Å². The lowest BCUT2D eigenvalue weighted by Gasteiger charge is -2.29. The number of carboxylic acid groups (broad SMARTS) is 2. The van der Waals surface area contributed by atoms with Gasteiger partial charge in [-0.2, -0.15) is 0 Å². The number of aliphatic imine (C=N–C) groups is 1. The van der Waals surface area contributed by atoms with Crippen LogP contribution < -0.4 is 48.7 Å². The minimum absolute atomic E-state index is 0.00543. The van der Waals surface area contributed by atoms with Crippen LogP contribution in [0.4, 0.5) is 0 Å². The van der Waals surface area contributed by atoms with E-state index < -0.39 is 115 Å². The number of guanidine groups is 1. The van der Waals surface area contributed by atoms with Crippen LogP contribution in [-0.4, -0.2) is 143 Å². The number of amides is 7. The van der Waals surface area contributed by atoms with Gasteiger partial charge in [-0.25, -0.2) is 9.59 Å². The molecular weight excluding hydrogens is 744 g/mol. The molecule has 0 rings (SSSR count). The summed E-state index contributed by atoms with van der Waals surface area (Å²) in [5, 5.41) is 54.9. The van der Waals surface area contributed by atoms with Crippen molar-refractivity contribution >= 4 is 59.2 Å². The van der Waals surface area contributed by atoms with Gasteiger partial charge in [-0.15, -0.1) is 0 Å². The number of hydrogen-bond donors (Lipinski definition) is 13. The molecule has 8 atom stereocenters. The molecule has 7 amide bonds. The molecule has 0 aliphatic carbocycles. The van der Waals surface area contributed by atoms with Crippen molar-refractivity contribution in [1.82, 2.24) is 37.2 Å². The van der Waals surface area contributed by atoms with Crippen molar-refractivity contribution in [1.29, 1.82) is 0 Å². The second-order valence-electron chi connectivity index (χ2n) is 13.5. The maximum atomic E-state index is 13.5. The zero-order chi connectivity index (χ0) is 43.3. The molecule has 0 spiro atoms. The molecule has 0 radical (unpaired) electrons. The van der Waals surface area contributed by atoms with E-state index in [4.69, 9.17) is 16.6 Å². The highest BCUT2D eigenvalue weighted by Gasteiger charge is 2.37. The minimum Gasteiger partial charge on any atom is -0.480 e. The first-order valence-corrected chi connectivity index (χ1v) is 17.8. The Hall–Kier alpha value is -5.58. The first kappa shape index (κ1) is 50.4. The van der Waals surface area contributed by atoms with Gasteiger partial charge in [0.2, 0.25) is 41.4 Å². The molecule has 0 bridgehead atoms. The lowest BCUT2D eigenvalue weighted by molar-refractivity contribution is -0.146. The maximum absolute atomic E-state index is 13.5. The van der Waals surface area contributed by atoms with E-state index in [1.807, 2.05) is 0 Å². The van der Waals surface area contributed by atoms with Gasteiger partial charge in [0.1, 0.15) is 36.8 Å². The average Bonchev–Trinajstić information content (AvgIpc) is 3.13. The monoisotopic (exact) mass is 802 g/mol. The molecule has 0 unspecified atom stereocenters. The number of nitrogens with two attached hydrogens (primary N) is 2. The predicted molar refractivity (Wildman–Crippen MR) is 198 cm³/mol. The number of carbonyl (C=O) groups is 9. The van der Waals surface area contributed by atoms with Gasteiger partial charge in [0.05, 0.1) is 24.5 Å². The van der Waals surface area contributed by atoms with Crippen LogP contribution in [0.15, 0.2) is 4.99 Å². The van der Waals surface area contributed by atoms with E-state index in [9.17, 15) is 58.5 Å². The van der Waals surface area contributed by atoms with Gasteiger partial charge >= 0.3 is 11.9 Å². The Balaban J connectivity index is 6.13. The lowest BCUT2D eigenvalue weighted by atomic mass is 9.97. The topological polar surface area (TPSA) is 383 Å². The summed E-state index contributed by atoms with van der Waals surface area (Å²) in [7, 11) is 1.36. The average molecular weight is 803 g/mol. The second kappa shape index (κ2) is 25.5. The van der Waals surface area contributed by atoms with Crippen LogP contribution in [0.25, 0.3) is 0 Å². The molecule has 0 aliphatic heterocycles. The van der Waals surface area contributed by atoms with Crippen molar-refractivity contribution in [2.24, 2.45) is 34.2 Å². The zero-order valence-electron chi connectivity index (χ0n) is 32.4. The summed E-state index contributed by atoms with van der Waals surface area (Å²) in [5.41, 5.74) is 10.7. The fourth-order valence-electron chi connectivity index (χ4n) is 4.99. The van der Waals surface area contributed by atoms with Gasteiger partial charge in [-0.3, -0.25) is 38.6 Å². The summed E-state index contributed by atoms with van der Waals surface area (Å²) in [6.07, 6.45) is -0.476. The first-order chi connectivity index (χ1) is 26.1. The Kier molecular flexibility index (Phi) is 23.0. The Morgan fingerprint density at radius 1 is 0.625 bits per heavy atom. The number of aliphatic hydroxyl groups excluding tert-OH is 2. The van der Waals surface area contributed by atoms with Gasteiger partial charge < -0.3 is 69.1 Å². The van der Waals surface area contributed by atoms with Crippen LogP contribution in [-0.2, 0) is 43.2 Å². The summed E-state index contributed by atoms with van der Waals surface area (Å²) >= 11 is 0. The second-order valence-corrected chi connectivity index (χ2v) is 13.5. The molecular formula is C33H58N10O13. The largest absolute Gasteiger partial charge is 0.480 e. The molecule has 0 heterocycles. The third-order valence-corrected chi connectivity index (χ3v) is 8.41. The summed E-state index contributed by atoms with van der Waals surface area (Å²) in [5.74, 6) is -12.2. The van der Waals surface area contributed by atoms with Crippen molar-refractivity contribution in [3.8, 4) is 0 Å². The molecule has 0 saturated carbocycles. The van der Waals surface area contributed by atoms with E-state index in [2.05, 4.69) is 42.2 Å². The van der Waals surface area contributed by atoms with Gasteiger partial charge in [0, 0.05) is 20.0 Å². The maximum Gasteiger partial charge on any atom is 0.327 e. The van der Waals surface area contributed by atoms with Gasteiger partial charge in [0.25, 0.3) is 0 Å². The number of nitrogens with one attached hydrogen (secondary N) is 7. The Morgan fingerprint density at radius 3 is 1.68 bits per heavy atom. The molecule has 0 aromatic carbocycles. The van der Waals surface area contributed by atoms with Crippen molar-refractivity contribution in [2.45, 2.75) is 103 Å². The summed E-state index contributed by atoms with van der Waals surface area (Å²) in [6, 6.07) is -8.58. The fraction of sp³-hybridized carbons (Fsp3) is 0.697. The number of hydrogen-bond acceptors (Lipinski definition) is 12. The van der Waals surface area contributed by atoms with Crippen LogP contribution >= 0.6 is 0 Å². The van der Waals surface area contributed by atoms with Crippen molar-refractivity contribution in [2.75, 3.05) is 26.8 Å². The molecule has 0 saturated heterocycles. The van der Waals surface area contributed by atoms with E-state index >= 15 is 0 Å². The van der Waals surface area contributed by atoms with Crippen LogP contribution in [0.5, 0.6) is 0 Å². The van der Waals surface area contributed by atoms with E-state index in [1.165, 1.54) is 20.9 Å². The standard InChI is InChI=1S/C33H58N10O13/c1-15(2)12-21(41-28(50)18(5)38-24(47)14-45)30(52)43-25(32(55)56)17(4)27(49)39-19(8-7-11-37-33(34)35)29(51)42-22(13-44)16(3)26(48)40-20(31(53)54)9-10-23(46)36-6/h15-22,25,44-45H,7-14H2,1-6H3,(H,36,46)(H,38,47)(H,39,49)(H,40,48)(H,41,50)(H,42,51)(H,43,52)(H,53,54)(H,55,56)(H4,34,35,37)/t16-,17-,18+,19-,20+,21-,22-,25+/m0/s1. The number of aliphatic hydroxyl groups is 2. The van der Waals surface area contributed by atoms with Crippen LogP contribution in [0.2, 0.25) is 0 Å². The number of nitrogens with zero attached hydrogens (tertiary/aromatic N) is 1. The molecule has 56 heavy (non-hydrogen) atoms. The Morgan fingerprint density at radius 2 is 1.18 bits per heavy atom. The summed E-state index contributed by atoms with van der Waals surface area (Å²) in [6.45, 7) is 5.52. The van der Waals surface area contributed by atoms with E-state index in [-0.39, 0.29) is 50.5 Å². The van der Waals surface area contributed by atoms with E-state index in [1.54, 1.807) is 13.8 Å². The summed E-state index contributed by atoms with van der Waals surface area (Å²) in [4.78, 5) is 117. The van der Waals surface area contributed by atoms with Crippen LogP contribution in [0.1, 0.15) is 66.7 Å². The van der Waals surface area contributed by atoms with Crippen molar-refractivity contribution in [3.05, 3.63) is 0 Å². The summed E-state index contributed by atoms with van der Waals surface area (Å²) < 4.78 is 0. The molecule has 23 nitrogen and oxygen atoms in total. The van der Waals surface area contributed by atoms with Crippen molar-refractivity contribution < 1.29 is 63.6 Å². The zero-order valence-corrected chi connectivity index (χ0v) is 32.4. The molecule has 318 valence electrons. The first-order valence-electron chi connectivity index (χ1n) is 17.8. The highest BCUT2D eigenvalue weighted by molar-refractivity contribution is 5.96. The smallest absolute Gasteiger partial charge is 0.327 e. The fourth-order valence-corrected chi connectivity index (χ4v) is 4.99. The number of rotatable bonds is 26. The van der Waals surface area contributed by atoms with E-state index in [0.29, 0.717) is 0 Å². The Bertz CT molecular complexity index is 1420. The lowest BCUT2D eigenvalue weighted by Crippen LogP contribution is -2.59. The minimum atomic E-state index is -1.88. The van der Waals surface area contributed by atoms with Gasteiger partial charge in [-0.05, 0) is 38.5 Å². The van der Waals surface area contributed by atoms with Crippen LogP contribution in [0.3, 0.4) is 0 Å². The van der Waals surface area contributed by atoms with Crippen LogP contribution in [0, 0.1) is 17.8 Å². The highest BCUT2D eigenvalue weighted by Crippen LogP contribution is 2.12. The molecule has 0 aromatic heterocycles. The molecule has 15 N–H and O–H groups in total. The number of carbonyl (C=O) groups excluding carboxylic acids is 7. The third kappa shape index (κ3) is 18.6. The van der Waals surface area contributed by atoms with E-state index in [0.717, 1.165) is 6.92 Å². The molecule has 0 aliphatic rings. The molecule has 0 aromatic rings. The highest BCUT2D eigenvalue weighted by atomic mass is 16.4. The SMILES string of the molecule is CNC(=O)CC[C@@H](NC(=O)[C@@H](C)[C@H](CO)NC(=O)[C@H](CCCN=C(N)N)NC(=O)[C@@H](C)[C@@H](NC(=O)[C@H](CC(C)C)NC(=O)[C@@H](C)NC(=O)CO)C(=O)O)C(=O)O. The Labute approximate surface area is 323 Å². The normalized spacial score (nSPS) is 15.2. The third-order valence-electron chi connectivity index (χ3n) is 8.41. The molecule has 23 heteroatoms. The quantitative estimate of drug-likeness (QED) is 0.0221. The number of carboxylic acids is 2. The van der Waals surface area contributed by atoms with Crippen molar-refractivity contribution in [3.63, 3.8) is 0 Å².